The lowest BCUT2D eigenvalue weighted by molar-refractivity contribution is 0.0667. The summed E-state index contributed by atoms with van der Waals surface area (Å²) in [7, 11) is 0. The van der Waals surface area contributed by atoms with Crippen LogP contribution in [0.4, 0.5) is 4.39 Å². The van der Waals surface area contributed by atoms with E-state index < -0.39 is 6.10 Å². The Hall–Kier alpha value is -2.65. The highest BCUT2D eigenvalue weighted by atomic mass is 19.1. The number of nitrogens with one attached hydrogen (secondary N) is 1. The van der Waals surface area contributed by atoms with E-state index >= 15 is 0 Å². The number of aliphatic hydroxyl groups is 1. The lowest BCUT2D eigenvalue weighted by Crippen LogP contribution is -2.36. The van der Waals surface area contributed by atoms with Crippen LogP contribution in [0.1, 0.15) is 47.0 Å². The van der Waals surface area contributed by atoms with Gasteiger partial charge in [-0.05, 0) is 43.0 Å². The number of aromatic amines is 1. The maximum Gasteiger partial charge on any atom is 0.255 e. The van der Waals surface area contributed by atoms with Gasteiger partial charge in [-0.2, -0.15) is 5.26 Å². The van der Waals surface area contributed by atoms with Crippen LogP contribution in [-0.4, -0.2) is 33.5 Å². The molecule has 2 atom stereocenters. The van der Waals surface area contributed by atoms with Crippen molar-refractivity contribution in [3.63, 3.8) is 0 Å². The minimum Gasteiger partial charge on any atom is -0.388 e. The van der Waals surface area contributed by atoms with Crippen molar-refractivity contribution in [3.05, 3.63) is 59.2 Å². The molecule has 0 saturated carbocycles. The zero-order chi connectivity index (χ0) is 17.1. The van der Waals surface area contributed by atoms with Crippen molar-refractivity contribution >= 4 is 5.91 Å². The molecule has 1 fully saturated rings. The SMILES string of the molecule is N#Cc1cc(C(=O)N2CCCC2CC(O)c2ccc(F)cc2)c[nH]1. The fourth-order valence-electron chi connectivity index (χ4n) is 3.18. The molecule has 3 rings (SSSR count). The monoisotopic (exact) mass is 327 g/mol. The van der Waals surface area contributed by atoms with Crippen LogP contribution in [0.15, 0.2) is 36.5 Å². The summed E-state index contributed by atoms with van der Waals surface area (Å²) in [5.41, 5.74) is 1.44. The molecule has 2 aromatic rings. The number of hydrogen-bond acceptors (Lipinski definition) is 3. The van der Waals surface area contributed by atoms with Gasteiger partial charge in [-0.25, -0.2) is 4.39 Å². The van der Waals surface area contributed by atoms with Gasteiger partial charge in [-0.15, -0.1) is 0 Å². The second-order valence-corrected chi connectivity index (χ2v) is 6.01. The molecular weight excluding hydrogens is 309 g/mol. The lowest BCUT2D eigenvalue weighted by Gasteiger charge is -2.26. The highest BCUT2D eigenvalue weighted by molar-refractivity contribution is 5.94. The van der Waals surface area contributed by atoms with E-state index in [1.54, 1.807) is 17.0 Å². The van der Waals surface area contributed by atoms with Crippen LogP contribution in [0.5, 0.6) is 0 Å². The smallest absolute Gasteiger partial charge is 0.255 e. The quantitative estimate of drug-likeness (QED) is 0.906. The number of hydrogen-bond donors (Lipinski definition) is 2. The molecule has 0 radical (unpaired) electrons. The largest absolute Gasteiger partial charge is 0.388 e. The number of carbonyl (C=O) groups is 1. The molecule has 0 bridgehead atoms. The van der Waals surface area contributed by atoms with E-state index in [4.69, 9.17) is 5.26 Å². The van der Waals surface area contributed by atoms with Gasteiger partial charge in [0.2, 0.25) is 0 Å². The van der Waals surface area contributed by atoms with E-state index in [0.29, 0.717) is 29.8 Å². The van der Waals surface area contributed by atoms with E-state index in [0.717, 1.165) is 12.8 Å². The van der Waals surface area contributed by atoms with Crippen LogP contribution in [0, 0.1) is 17.1 Å². The molecule has 5 nitrogen and oxygen atoms in total. The summed E-state index contributed by atoms with van der Waals surface area (Å²) in [6.45, 7) is 0.632. The second-order valence-electron chi connectivity index (χ2n) is 6.01. The number of rotatable bonds is 4. The molecular formula is C18H18FN3O2. The van der Waals surface area contributed by atoms with Crippen molar-refractivity contribution in [3.8, 4) is 6.07 Å². The minimum atomic E-state index is -0.745. The summed E-state index contributed by atoms with van der Waals surface area (Å²) in [5, 5.41) is 19.2. The first kappa shape index (κ1) is 16.2. The average molecular weight is 327 g/mol. The van der Waals surface area contributed by atoms with Crippen LogP contribution in [0.2, 0.25) is 0 Å². The summed E-state index contributed by atoms with van der Waals surface area (Å²) in [5.74, 6) is -0.481. The molecule has 2 N–H and O–H groups in total. The number of likely N-dealkylation sites (tertiary alicyclic amines) is 1. The summed E-state index contributed by atoms with van der Waals surface area (Å²) in [6, 6.07) is 9.19. The van der Waals surface area contributed by atoms with Gasteiger partial charge in [0.25, 0.3) is 5.91 Å². The number of benzene rings is 1. The molecule has 1 aliphatic rings. The zero-order valence-electron chi connectivity index (χ0n) is 13.1. The Morgan fingerprint density at radius 1 is 1.46 bits per heavy atom. The molecule has 24 heavy (non-hydrogen) atoms. The Morgan fingerprint density at radius 3 is 2.88 bits per heavy atom. The molecule has 1 amide bonds. The summed E-state index contributed by atoms with van der Waals surface area (Å²) >= 11 is 0. The molecule has 1 saturated heterocycles. The van der Waals surface area contributed by atoms with Gasteiger partial charge in [0.05, 0.1) is 11.7 Å². The first-order valence-corrected chi connectivity index (χ1v) is 7.91. The molecule has 0 aliphatic carbocycles. The molecule has 1 aromatic carbocycles. The summed E-state index contributed by atoms with van der Waals surface area (Å²) in [4.78, 5) is 17.1. The fourth-order valence-corrected chi connectivity index (χ4v) is 3.18. The van der Waals surface area contributed by atoms with E-state index in [2.05, 4.69) is 4.98 Å². The topological polar surface area (TPSA) is 80.1 Å². The second kappa shape index (κ2) is 6.85. The van der Waals surface area contributed by atoms with Gasteiger partial charge >= 0.3 is 0 Å². The van der Waals surface area contributed by atoms with E-state index in [-0.39, 0.29) is 17.8 Å². The maximum absolute atomic E-state index is 13.0. The number of halogens is 1. The third kappa shape index (κ3) is 3.31. The van der Waals surface area contributed by atoms with Crippen molar-refractivity contribution < 1.29 is 14.3 Å². The third-order valence-corrected chi connectivity index (χ3v) is 4.44. The first-order valence-electron chi connectivity index (χ1n) is 7.91. The molecule has 2 unspecified atom stereocenters. The van der Waals surface area contributed by atoms with Gasteiger partial charge in [0.1, 0.15) is 17.6 Å². The van der Waals surface area contributed by atoms with Crippen molar-refractivity contribution in [2.24, 2.45) is 0 Å². The van der Waals surface area contributed by atoms with Crippen molar-refractivity contribution in [2.75, 3.05) is 6.54 Å². The van der Waals surface area contributed by atoms with Crippen LogP contribution in [-0.2, 0) is 0 Å². The summed E-state index contributed by atoms with van der Waals surface area (Å²) in [6.07, 6.45) is 2.89. The standard InChI is InChI=1S/C18H18FN3O2/c19-14-5-3-12(4-6-14)17(23)9-16-2-1-7-22(16)18(24)13-8-15(10-20)21-11-13/h3-6,8,11,16-17,21,23H,1-2,7,9H2. The fraction of sp³-hybridized carbons (Fsp3) is 0.333. The Morgan fingerprint density at radius 2 is 2.21 bits per heavy atom. The van der Waals surface area contributed by atoms with Crippen LogP contribution in [0.25, 0.3) is 0 Å². The molecule has 6 heteroatoms. The van der Waals surface area contributed by atoms with Gasteiger partial charge < -0.3 is 15.0 Å². The molecule has 1 aromatic heterocycles. The number of nitrogens with zero attached hydrogens (tertiary/aromatic N) is 2. The van der Waals surface area contributed by atoms with Crippen molar-refractivity contribution in [1.82, 2.24) is 9.88 Å². The van der Waals surface area contributed by atoms with Crippen molar-refractivity contribution in [1.29, 1.82) is 5.26 Å². The predicted octanol–water partition coefficient (Wildman–Crippen LogP) is 2.75. The number of amides is 1. The molecule has 0 spiro atoms. The first-order chi connectivity index (χ1) is 11.6. The number of nitriles is 1. The Balaban J connectivity index is 1.70. The number of H-pyrrole nitrogens is 1. The zero-order valence-corrected chi connectivity index (χ0v) is 13.1. The van der Waals surface area contributed by atoms with Crippen LogP contribution < -0.4 is 0 Å². The number of aliphatic hydroxyl groups excluding tert-OH is 1. The van der Waals surface area contributed by atoms with Crippen LogP contribution in [0.3, 0.4) is 0 Å². The summed E-state index contributed by atoms with van der Waals surface area (Å²) < 4.78 is 13.0. The maximum atomic E-state index is 13.0. The van der Waals surface area contributed by atoms with Gasteiger partial charge in [-0.3, -0.25) is 4.79 Å². The highest BCUT2D eigenvalue weighted by Gasteiger charge is 2.31. The van der Waals surface area contributed by atoms with E-state index in [9.17, 15) is 14.3 Å². The molecule has 2 heterocycles. The Bertz CT molecular complexity index is 763. The number of carbonyl (C=O) groups excluding carboxylic acids is 1. The van der Waals surface area contributed by atoms with Gasteiger partial charge in [0.15, 0.2) is 0 Å². The third-order valence-electron chi connectivity index (χ3n) is 4.44. The molecule has 1 aliphatic heterocycles. The Labute approximate surface area is 139 Å². The van der Waals surface area contributed by atoms with E-state index in [1.807, 2.05) is 6.07 Å². The normalized spacial score (nSPS) is 18.4. The average Bonchev–Trinajstić information content (AvgIpc) is 3.24. The minimum absolute atomic E-state index is 0.0713. The highest BCUT2D eigenvalue weighted by Crippen LogP contribution is 2.28. The lowest BCUT2D eigenvalue weighted by atomic mass is 10.00. The predicted molar refractivity (Wildman–Crippen MR) is 85.5 cm³/mol. The van der Waals surface area contributed by atoms with Gasteiger partial charge in [0, 0.05) is 18.8 Å². The van der Waals surface area contributed by atoms with Gasteiger partial charge in [-0.1, -0.05) is 12.1 Å². The van der Waals surface area contributed by atoms with Crippen molar-refractivity contribution in [2.45, 2.75) is 31.4 Å². The number of aromatic nitrogens is 1. The van der Waals surface area contributed by atoms with E-state index in [1.165, 1.54) is 24.4 Å². The molecule has 124 valence electrons. The Kier molecular flexibility index (Phi) is 4.63. The van der Waals surface area contributed by atoms with Crippen LogP contribution >= 0.6 is 0 Å².